The van der Waals surface area contributed by atoms with Crippen LogP contribution in [0.3, 0.4) is 0 Å². The van der Waals surface area contributed by atoms with Crippen LogP contribution in [0.15, 0.2) is 24.3 Å². The molecule has 140 valence electrons. The molecule has 0 bridgehead atoms. The Morgan fingerprint density at radius 2 is 1.92 bits per heavy atom. The van der Waals surface area contributed by atoms with Crippen molar-refractivity contribution in [2.45, 2.75) is 40.7 Å². The van der Waals surface area contributed by atoms with Crippen molar-refractivity contribution in [1.82, 2.24) is 4.90 Å². The monoisotopic (exact) mass is 372 g/mol. The van der Waals surface area contributed by atoms with Crippen LogP contribution >= 0.6 is 11.3 Å². The van der Waals surface area contributed by atoms with Gasteiger partial charge >= 0.3 is 0 Å². The average molecular weight is 373 g/mol. The number of nitrogens with zero attached hydrogens (tertiary/aromatic N) is 2. The zero-order valence-corrected chi connectivity index (χ0v) is 17.2. The van der Waals surface area contributed by atoms with Gasteiger partial charge in [-0.1, -0.05) is 13.8 Å². The number of anilines is 1. The standard InChI is InChI=1S/C21H28N2O2S/c1-14(2)10-11-22-12-19-15(3)16(4)26-21(19)23(13-22)20(24)17-6-8-18(25-5)9-7-17/h6-9,14H,10-13H2,1-5H3. The van der Waals surface area contributed by atoms with Crippen LogP contribution in [-0.4, -0.2) is 31.1 Å². The van der Waals surface area contributed by atoms with Gasteiger partial charge in [0.2, 0.25) is 0 Å². The van der Waals surface area contributed by atoms with E-state index in [0.29, 0.717) is 18.2 Å². The highest BCUT2D eigenvalue weighted by atomic mass is 32.1. The van der Waals surface area contributed by atoms with E-state index in [4.69, 9.17) is 4.74 Å². The second-order valence-electron chi connectivity index (χ2n) is 7.41. The summed E-state index contributed by atoms with van der Waals surface area (Å²) < 4.78 is 5.21. The van der Waals surface area contributed by atoms with Crippen LogP contribution in [0.1, 0.15) is 46.6 Å². The first-order chi connectivity index (χ1) is 12.4. The summed E-state index contributed by atoms with van der Waals surface area (Å²) in [5, 5.41) is 1.11. The number of hydrogen-bond donors (Lipinski definition) is 0. The lowest BCUT2D eigenvalue weighted by atomic mass is 10.1. The van der Waals surface area contributed by atoms with E-state index in [9.17, 15) is 4.79 Å². The Kier molecular flexibility index (Phi) is 5.68. The van der Waals surface area contributed by atoms with Crippen LogP contribution in [0.25, 0.3) is 0 Å². The van der Waals surface area contributed by atoms with E-state index >= 15 is 0 Å². The maximum Gasteiger partial charge on any atom is 0.260 e. The molecule has 0 aliphatic carbocycles. The molecule has 26 heavy (non-hydrogen) atoms. The molecule has 1 aliphatic rings. The van der Waals surface area contributed by atoms with Crippen LogP contribution in [-0.2, 0) is 6.54 Å². The summed E-state index contributed by atoms with van der Waals surface area (Å²) in [5.74, 6) is 1.49. The van der Waals surface area contributed by atoms with Crippen molar-refractivity contribution in [2.24, 2.45) is 5.92 Å². The fraction of sp³-hybridized carbons (Fsp3) is 0.476. The molecule has 1 amide bonds. The number of methoxy groups -OCH3 is 1. The molecular formula is C21H28N2O2S. The van der Waals surface area contributed by atoms with E-state index in [1.54, 1.807) is 18.4 Å². The molecule has 0 fully saturated rings. The Morgan fingerprint density at radius 3 is 2.54 bits per heavy atom. The fourth-order valence-electron chi connectivity index (χ4n) is 3.23. The quantitative estimate of drug-likeness (QED) is 0.753. The third-order valence-corrected chi connectivity index (χ3v) is 6.33. The number of carbonyl (C=O) groups excluding carboxylic acids is 1. The van der Waals surface area contributed by atoms with E-state index in [1.807, 2.05) is 29.2 Å². The number of fused-ring (bicyclic) bond motifs is 1. The van der Waals surface area contributed by atoms with Crippen LogP contribution < -0.4 is 9.64 Å². The van der Waals surface area contributed by atoms with E-state index in [2.05, 4.69) is 32.6 Å². The number of amides is 1. The Balaban J connectivity index is 1.90. The lowest BCUT2D eigenvalue weighted by molar-refractivity contribution is 0.0958. The smallest absolute Gasteiger partial charge is 0.260 e. The average Bonchev–Trinajstić information content (AvgIpc) is 2.93. The minimum absolute atomic E-state index is 0.0596. The van der Waals surface area contributed by atoms with Crippen molar-refractivity contribution in [1.29, 1.82) is 0 Å². The molecule has 4 nitrogen and oxygen atoms in total. The van der Waals surface area contributed by atoms with Gasteiger partial charge in [-0.2, -0.15) is 0 Å². The molecule has 0 N–H and O–H groups in total. The Morgan fingerprint density at radius 1 is 1.23 bits per heavy atom. The molecule has 0 saturated heterocycles. The first-order valence-corrected chi connectivity index (χ1v) is 9.99. The first kappa shape index (κ1) is 18.9. The van der Waals surface area contributed by atoms with Gasteiger partial charge in [-0.25, -0.2) is 0 Å². The van der Waals surface area contributed by atoms with Gasteiger partial charge in [0.25, 0.3) is 5.91 Å². The number of thiophene rings is 1. The number of hydrogen-bond acceptors (Lipinski definition) is 4. The SMILES string of the molecule is COc1ccc(C(=O)N2CN(CCC(C)C)Cc3c2sc(C)c3C)cc1. The van der Waals surface area contributed by atoms with Crippen molar-refractivity contribution >= 4 is 22.2 Å². The van der Waals surface area contributed by atoms with Gasteiger partial charge in [-0.05, 0) is 56.0 Å². The molecule has 2 heterocycles. The molecule has 0 unspecified atom stereocenters. The van der Waals surface area contributed by atoms with Gasteiger partial charge < -0.3 is 4.74 Å². The van der Waals surface area contributed by atoms with Crippen LogP contribution in [0, 0.1) is 19.8 Å². The molecule has 0 saturated carbocycles. The zero-order chi connectivity index (χ0) is 18.8. The number of aryl methyl sites for hydroxylation is 1. The molecular weight excluding hydrogens is 344 g/mol. The van der Waals surface area contributed by atoms with Gasteiger partial charge in [0.1, 0.15) is 10.8 Å². The summed E-state index contributed by atoms with van der Waals surface area (Å²) in [7, 11) is 1.64. The predicted molar refractivity (Wildman–Crippen MR) is 108 cm³/mol. The third-order valence-electron chi connectivity index (χ3n) is 5.06. The van der Waals surface area contributed by atoms with E-state index in [0.717, 1.165) is 30.3 Å². The summed E-state index contributed by atoms with van der Waals surface area (Å²) in [5.41, 5.74) is 3.34. The fourth-order valence-corrected chi connectivity index (χ4v) is 4.39. The molecule has 5 heteroatoms. The molecule has 1 aromatic heterocycles. The number of rotatable bonds is 5. The second kappa shape index (κ2) is 7.80. The van der Waals surface area contributed by atoms with Crippen molar-refractivity contribution < 1.29 is 9.53 Å². The van der Waals surface area contributed by atoms with E-state index in [1.165, 1.54) is 16.0 Å². The molecule has 0 spiro atoms. The first-order valence-electron chi connectivity index (χ1n) is 9.17. The molecule has 1 aromatic carbocycles. The number of carbonyl (C=O) groups is 1. The zero-order valence-electron chi connectivity index (χ0n) is 16.3. The van der Waals surface area contributed by atoms with E-state index < -0.39 is 0 Å². The highest BCUT2D eigenvalue weighted by Gasteiger charge is 2.31. The van der Waals surface area contributed by atoms with Gasteiger partial charge in [-0.15, -0.1) is 11.3 Å². The van der Waals surface area contributed by atoms with E-state index in [-0.39, 0.29) is 5.91 Å². The van der Waals surface area contributed by atoms with Crippen LogP contribution in [0.2, 0.25) is 0 Å². The summed E-state index contributed by atoms with van der Waals surface area (Å²) in [4.78, 5) is 18.9. The van der Waals surface area contributed by atoms with Gasteiger partial charge in [0, 0.05) is 29.1 Å². The highest BCUT2D eigenvalue weighted by molar-refractivity contribution is 7.16. The van der Waals surface area contributed by atoms with Crippen molar-refractivity contribution in [2.75, 3.05) is 25.2 Å². The van der Waals surface area contributed by atoms with Gasteiger partial charge in [0.05, 0.1) is 13.8 Å². The maximum absolute atomic E-state index is 13.2. The Labute approximate surface area is 160 Å². The van der Waals surface area contributed by atoms with Gasteiger partial charge in [-0.3, -0.25) is 14.6 Å². The minimum atomic E-state index is 0.0596. The highest BCUT2D eigenvalue weighted by Crippen LogP contribution is 2.40. The van der Waals surface area contributed by atoms with Crippen molar-refractivity contribution in [3.05, 3.63) is 45.8 Å². The summed E-state index contributed by atoms with van der Waals surface area (Å²) in [6, 6.07) is 7.39. The molecule has 0 radical (unpaired) electrons. The summed E-state index contributed by atoms with van der Waals surface area (Å²) in [6.45, 7) is 11.4. The van der Waals surface area contributed by atoms with Crippen LogP contribution in [0.5, 0.6) is 5.75 Å². The Hall–Kier alpha value is -1.85. The van der Waals surface area contributed by atoms with Gasteiger partial charge in [0.15, 0.2) is 0 Å². The summed E-state index contributed by atoms with van der Waals surface area (Å²) >= 11 is 1.74. The topological polar surface area (TPSA) is 32.8 Å². The predicted octanol–water partition coefficient (Wildman–Crippen LogP) is 4.84. The molecule has 0 atom stereocenters. The lowest BCUT2D eigenvalue weighted by Gasteiger charge is -2.36. The summed E-state index contributed by atoms with van der Waals surface area (Å²) in [6.07, 6.45) is 1.14. The molecule has 2 aromatic rings. The normalized spacial score (nSPS) is 14.6. The van der Waals surface area contributed by atoms with Crippen LogP contribution in [0.4, 0.5) is 5.00 Å². The minimum Gasteiger partial charge on any atom is -0.497 e. The number of benzene rings is 1. The lowest BCUT2D eigenvalue weighted by Crippen LogP contribution is -2.45. The maximum atomic E-state index is 13.2. The third kappa shape index (κ3) is 3.79. The van der Waals surface area contributed by atoms with Crippen molar-refractivity contribution in [3.63, 3.8) is 0 Å². The molecule has 1 aliphatic heterocycles. The number of ether oxygens (including phenoxy) is 1. The van der Waals surface area contributed by atoms with Crippen molar-refractivity contribution in [3.8, 4) is 5.75 Å². The second-order valence-corrected chi connectivity index (χ2v) is 8.61. The molecule has 3 rings (SSSR count). The largest absolute Gasteiger partial charge is 0.497 e. The Bertz CT molecular complexity index is 780.